The van der Waals surface area contributed by atoms with E-state index in [0.29, 0.717) is 5.75 Å². The maximum absolute atomic E-state index is 12.3. The first-order valence-corrected chi connectivity index (χ1v) is 9.04. The summed E-state index contributed by atoms with van der Waals surface area (Å²) in [6.45, 7) is 5.63. The summed E-state index contributed by atoms with van der Waals surface area (Å²) in [5, 5.41) is 0. The number of likely N-dealkylation sites (N-methyl/N-ethyl adjacent to an activating group) is 1. The molecule has 2 aromatic carbocycles. The quantitative estimate of drug-likeness (QED) is 0.826. The fourth-order valence-electron chi connectivity index (χ4n) is 2.88. The van der Waals surface area contributed by atoms with Crippen LogP contribution in [0.1, 0.15) is 12.0 Å². The van der Waals surface area contributed by atoms with E-state index in [4.69, 9.17) is 9.47 Å². The Balaban J connectivity index is 1.49. The van der Waals surface area contributed by atoms with Crippen LogP contribution < -0.4 is 9.47 Å². The minimum atomic E-state index is 0.0419. The van der Waals surface area contributed by atoms with Crippen molar-refractivity contribution in [2.75, 3.05) is 39.8 Å². The van der Waals surface area contributed by atoms with Crippen molar-refractivity contribution in [1.29, 1.82) is 0 Å². The Kier molecular flexibility index (Phi) is 6.12. The van der Waals surface area contributed by atoms with Crippen LogP contribution in [0, 0.1) is 6.92 Å². The largest absolute Gasteiger partial charge is 0.484 e. The summed E-state index contributed by atoms with van der Waals surface area (Å²) in [6.07, 6.45) is 1.01. The SMILES string of the molecule is Cc1ccc(Oc2ccc(OCC(=O)N3CCCN(C)CC3)cc2)cc1. The first kappa shape index (κ1) is 18.3. The number of carbonyl (C=O) groups is 1. The van der Waals surface area contributed by atoms with Gasteiger partial charge in [0, 0.05) is 19.6 Å². The van der Waals surface area contributed by atoms with Crippen LogP contribution in [0.15, 0.2) is 48.5 Å². The van der Waals surface area contributed by atoms with Crippen LogP contribution >= 0.6 is 0 Å². The zero-order valence-corrected chi connectivity index (χ0v) is 15.5. The Morgan fingerprint density at radius 1 is 0.885 bits per heavy atom. The average molecular weight is 354 g/mol. The number of hydrogen-bond donors (Lipinski definition) is 0. The van der Waals surface area contributed by atoms with Gasteiger partial charge in [-0.2, -0.15) is 0 Å². The maximum atomic E-state index is 12.3. The van der Waals surface area contributed by atoms with Crippen molar-refractivity contribution in [1.82, 2.24) is 9.80 Å². The lowest BCUT2D eigenvalue weighted by Gasteiger charge is -2.20. The fraction of sp³-hybridized carbons (Fsp3) is 0.381. The molecule has 5 heteroatoms. The molecule has 2 aromatic rings. The number of aryl methyl sites for hydroxylation is 1. The predicted molar refractivity (Wildman–Crippen MR) is 102 cm³/mol. The molecule has 0 saturated carbocycles. The van der Waals surface area contributed by atoms with Gasteiger partial charge in [-0.1, -0.05) is 17.7 Å². The molecule has 0 spiro atoms. The first-order chi connectivity index (χ1) is 12.6. The van der Waals surface area contributed by atoms with E-state index < -0.39 is 0 Å². The summed E-state index contributed by atoms with van der Waals surface area (Å²) in [4.78, 5) is 16.5. The molecule has 0 radical (unpaired) electrons. The Hall–Kier alpha value is -2.53. The number of rotatable bonds is 5. The lowest BCUT2D eigenvalue weighted by molar-refractivity contribution is -0.133. The van der Waals surface area contributed by atoms with Crippen molar-refractivity contribution in [2.45, 2.75) is 13.3 Å². The average Bonchev–Trinajstić information content (AvgIpc) is 2.87. The second kappa shape index (κ2) is 8.72. The lowest BCUT2D eigenvalue weighted by atomic mass is 10.2. The molecule has 0 aromatic heterocycles. The highest BCUT2D eigenvalue weighted by Crippen LogP contribution is 2.24. The predicted octanol–water partition coefficient (Wildman–Crippen LogP) is 3.33. The summed E-state index contributed by atoms with van der Waals surface area (Å²) in [5.74, 6) is 2.25. The Labute approximate surface area is 155 Å². The highest BCUT2D eigenvalue weighted by atomic mass is 16.5. The molecule has 0 atom stereocenters. The van der Waals surface area contributed by atoms with E-state index in [9.17, 15) is 4.79 Å². The van der Waals surface area contributed by atoms with Crippen LogP contribution in [-0.4, -0.2) is 55.5 Å². The molecule has 26 heavy (non-hydrogen) atoms. The van der Waals surface area contributed by atoms with Gasteiger partial charge in [-0.25, -0.2) is 0 Å². The Bertz CT molecular complexity index is 713. The van der Waals surface area contributed by atoms with Gasteiger partial charge in [-0.3, -0.25) is 4.79 Å². The zero-order chi connectivity index (χ0) is 18.4. The van der Waals surface area contributed by atoms with E-state index in [0.717, 1.165) is 44.1 Å². The molecule has 1 fully saturated rings. The molecular formula is C21H26N2O3. The minimum absolute atomic E-state index is 0.0419. The van der Waals surface area contributed by atoms with Gasteiger partial charge in [-0.15, -0.1) is 0 Å². The number of hydrogen-bond acceptors (Lipinski definition) is 4. The van der Waals surface area contributed by atoms with Crippen molar-refractivity contribution in [3.05, 3.63) is 54.1 Å². The Morgan fingerprint density at radius 3 is 2.19 bits per heavy atom. The van der Waals surface area contributed by atoms with Crippen LogP contribution in [-0.2, 0) is 4.79 Å². The first-order valence-electron chi connectivity index (χ1n) is 9.04. The summed E-state index contributed by atoms with van der Waals surface area (Å²) in [5.41, 5.74) is 1.20. The lowest BCUT2D eigenvalue weighted by Crippen LogP contribution is -2.37. The van der Waals surface area contributed by atoms with E-state index in [1.807, 2.05) is 60.4 Å². The van der Waals surface area contributed by atoms with Gasteiger partial charge >= 0.3 is 0 Å². The van der Waals surface area contributed by atoms with E-state index in [2.05, 4.69) is 11.9 Å². The molecule has 3 rings (SSSR count). The molecular weight excluding hydrogens is 328 g/mol. The molecule has 0 N–H and O–H groups in total. The van der Waals surface area contributed by atoms with Crippen LogP contribution in [0.5, 0.6) is 17.2 Å². The van der Waals surface area contributed by atoms with E-state index in [1.54, 1.807) is 0 Å². The molecule has 1 aliphatic rings. The number of benzene rings is 2. The molecule has 1 heterocycles. The third-order valence-electron chi connectivity index (χ3n) is 4.51. The third kappa shape index (κ3) is 5.23. The molecule has 0 unspecified atom stereocenters. The van der Waals surface area contributed by atoms with E-state index in [1.165, 1.54) is 5.56 Å². The highest BCUT2D eigenvalue weighted by Gasteiger charge is 2.17. The summed E-state index contributed by atoms with van der Waals surface area (Å²) in [6, 6.07) is 15.3. The summed E-state index contributed by atoms with van der Waals surface area (Å²) < 4.78 is 11.4. The van der Waals surface area contributed by atoms with Gasteiger partial charge < -0.3 is 19.3 Å². The van der Waals surface area contributed by atoms with Gasteiger partial charge in [-0.05, 0) is 63.3 Å². The van der Waals surface area contributed by atoms with E-state index in [-0.39, 0.29) is 12.5 Å². The zero-order valence-electron chi connectivity index (χ0n) is 15.5. The second-order valence-electron chi connectivity index (χ2n) is 6.71. The van der Waals surface area contributed by atoms with Gasteiger partial charge in [0.2, 0.25) is 0 Å². The third-order valence-corrected chi connectivity index (χ3v) is 4.51. The van der Waals surface area contributed by atoms with Crippen LogP contribution in [0.2, 0.25) is 0 Å². The molecule has 1 aliphatic heterocycles. The fourth-order valence-corrected chi connectivity index (χ4v) is 2.88. The van der Waals surface area contributed by atoms with Crippen molar-refractivity contribution in [3.8, 4) is 17.2 Å². The van der Waals surface area contributed by atoms with Crippen molar-refractivity contribution < 1.29 is 14.3 Å². The highest BCUT2D eigenvalue weighted by molar-refractivity contribution is 5.77. The van der Waals surface area contributed by atoms with Crippen LogP contribution in [0.4, 0.5) is 0 Å². The van der Waals surface area contributed by atoms with Crippen LogP contribution in [0.3, 0.4) is 0 Å². The Morgan fingerprint density at radius 2 is 1.50 bits per heavy atom. The molecule has 1 amide bonds. The van der Waals surface area contributed by atoms with Crippen molar-refractivity contribution in [3.63, 3.8) is 0 Å². The van der Waals surface area contributed by atoms with Gasteiger partial charge in [0.25, 0.3) is 5.91 Å². The van der Waals surface area contributed by atoms with Crippen LogP contribution in [0.25, 0.3) is 0 Å². The molecule has 0 aliphatic carbocycles. The summed E-state index contributed by atoms with van der Waals surface area (Å²) in [7, 11) is 2.09. The number of amides is 1. The smallest absolute Gasteiger partial charge is 0.260 e. The van der Waals surface area contributed by atoms with Gasteiger partial charge in [0.05, 0.1) is 0 Å². The second-order valence-corrected chi connectivity index (χ2v) is 6.71. The maximum Gasteiger partial charge on any atom is 0.260 e. The minimum Gasteiger partial charge on any atom is -0.484 e. The standard InChI is InChI=1S/C21H26N2O3/c1-17-4-6-19(7-5-17)26-20-10-8-18(9-11-20)25-16-21(24)23-13-3-12-22(2)14-15-23/h4-11H,3,12-16H2,1-2H3. The molecule has 138 valence electrons. The number of nitrogens with zero attached hydrogens (tertiary/aromatic N) is 2. The topological polar surface area (TPSA) is 42.0 Å². The number of carbonyl (C=O) groups excluding carboxylic acids is 1. The number of ether oxygens (including phenoxy) is 2. The summed E-state index contributed by atoms with van der Waals surface area (Å²) >= 11 is 0. The normalized spacial score (nSPS) is 15.4. The van der Waals surface area contributed by atoms with E-state index >= 15 is 0 Å². The van der Waals surface area contributed by atoms with Crippen molar-refractivity contribution in [2.24, 2.45) is 0 Å². The molecule has 5 nitrogen and oxygen atoms in total. The monoisotopic (exact) mass is 354 g/mol. The van der Waals surface area contributed by atoms with Gasteiger partial charge in [0.15, 0.2) is 6.61 Å². The van der Waals surface area contributed by atoms with Gasteiger partial charge in [0.1, 0.15) is 17.2 Å². The molecule has 1 saturated heterocycles. The molecule has 0 bridgehead atoms. The van der Waals surface area contributed by atoms with Crippen molar-refractivity contribution >= 4 is 5.91 Å².